The topological polar surface area (TPSA) is 186 Å². The summed E-state index contributed by atoms with van der Waals surface area (Å²) >= 11 is 0. The number of rotatable bonds is 8. The molecule has 0 aromatic rings. The van der Waals surface area contributed by atoms with Crippen LogP contribution in [0.25, 0.3) is 0 Å². The highest BCUT2D eigenvalue weighted by atomic mass is 16.7. The summed E-state index contributed by atoms with van der Waals surface area (Å²) in [5, 5.41) is 74.2. The number of fused-ring (bicyclic) bond motifs is 5. The number of cyclic esters (lactones) is 1. The monoisotopic (exact) mass is 642 g/mol. The summed E-state index contributed by atoms with van der Waals surface area (Å²) in [7, 11) is 0. The Morgan fingerprint density at radius 2 is 1.58 bits per heavy atom. The van der Waals surface area contributed by atoms with Crippen LogP contribution in [0.4, 0.5) is 0 Å². The van der Waals surface area contributed by atoms with Crippen LogP contribution in [0.15, 0.2) is 0 Å². The minimum atomic E-state index is -1.57. The molecule has 18 atom stereocenters. The van der Waals surface area contributed by atoms with Crippen LogP contribution in [-0.2, 0) is 19.0 Å². The predicted molar refractivity (Wildman–Crippen MR) is 162 cm³/mol. The molecule has 0 aromatic carbocycles. The van der Waals surface area contributed by atoms with Crippen molar-refractivity contribution in [2.45, 2.75) is 135 Å². The molecule has 5 aliphatic rings. The lowest BCUT2D eigenvalue weighted by atomic mass is 9.48. The molecule has 0 amide bonds. The van der Waals surface area contributed by atoms with Crippen molar-refractivity contribution in [2.24, 2.45) is 58.2 Å². The van der Waals surface area contributed by atoms with Gasteiger partial charge in [0.05, 0.1) is 43.5 Å². The third-order valence-electron chi connectivity index (χ3n) is 13.6. The van der Waals surface area contributed by atoms with Gasteiger partial charge in [0.1, 0.15) is 24.4 Å². The van der Waals surface area contributed by atoms with Crippen LogP contribution in [0.2, 0.25) is 0 Å². The Kier molecular flexibility index (Phi) is 10.4. The van der Waals surface area contributed by atoms with Gasteiger partial charge in [-0.15, -0.1) is 0 Å². The van der Waals surface area contributed by atoms with E-state index in [1.807, 2.05) is 20.8 Å². The van der Waals surface area contributed by atoms with Crippen LogP contribution in [0.1, 0.15) is 80.1 Å². The minimum absolute atomic E-state index is 0.114. The molecule has 2 saturated heterocycles. The maximum Gasteiger partial charge on any atom is 0.309 e. The zero-order valence-corrected chi connectivity index (χ0v) is 27.7. The summed E-state index contributed by atoms with van der Waals surface area (Å²) in [4.78, 5) is 13.2. The summed E-state index contributed by atoms with van der Waals surface area (Å²) in [6.07, 6.45) is -6.34. The molecule has 5 fully saturated rings. The first-order chi connectivity index (χ1) is 21.1. The van der Waals surface area contributed by atoms with Gasteiger partial charge in [-0.2, -0.15) is 0 Å². The first-order valence-corrected chi connectivity index (χ1v) is 17.2. The number of aliphatic hydroxyl groups is 7. The van der Waals surface area contributed by atoms with Crippen LogP contribution in [-0.4, -0.2) is 110 Å². The minimum Gasteiger partial charge on any atom is -0.465 e. The van der Waals surface area contributed by atoms with E-state index in [0.29, 0.717) is 13.0 Å². The van der Waals surface area contributed by atoms with Gasteiger partial charge in [-0.25, -0.2) is 0 Å². The summed E-state index contributed by atoms with van der Waals surface area (Å²) < 4.78 is 17.9. The second kappa shape index (κ2) is 13.2. The molecular formula is C34H58O11. The van der Waals surface area contributed by atoms with E-state index in [1.54, 1.807) is 0 Å². The Bertz CT molecular complexity index is 1040. The Labute approximate surface area is 267 Å². The lowest BCUT2D eigenvalue weighted by Gasteiger charge is -2.56. The molecule has 0 unspecified atom stereocenters. The molecule has 45 heavy (non-hydrogen) atoms. The van der Waals surface area contributed by atoms with Gasteiger partial charge < -0.3 is 50.0 Å². The molecule has 5 rings (SSSR count). The Balaban J connectivity index is 1.37. The Hall–Kier alpha value is -0.890. The van der Waals surface area contributed by atoms with Crippen molar-refractivity contribution in [3.63, 3.8) is 0 Å². The molecule has 2 heterocycles. The fourth-order valence-electron chi connectivity index (χ4n) is 10.5. The standard InChI is InChI=1S/C34H58O11/c1-15(2)16(3)30(45-32-29(41)28(40)27(39)25(13-35)44-32)26(38)17(4)19-7-8-20-18-14-43-31(42)22-11-23(36)24(37)12-34(22,6)21(18)9-10-33(19,20)5/h15-30,32,35-41H,7-14H2,1-6H3/t16-,17-,18-,19+,20-,21-,22+,23-,24+,25+,26+,27+,28-,29+,30+,32+,33+,34+/m0/s1. The van der Waals surface area contributed by atoms with Gasteiger partial charge in [0.2, 0.25) is 0 Å². The van der Waals surface area contributed by atoms with Crippen molar-refractivity contribution in [3.8, 4) is 0 Å². The molecule has 2 aliphatic heterocycles. The zero-order chi connectivity index (χ0) is 33.2. The number of ether oxygens (including phenoxy) is 3. The first kappa shape index (κ1) is 35.4. The van der Waals surface area contributed by atoms with Crippen molar-refractivity contribution >= 4 is 5.97 Å². The highest BCUT2D eigenvalue weighted by Crippen LogP contribution is 2.66. The molecule has 7 N–H and O–H groups in total. The number of hydrogen-bond acceptors (Lipinski definition) is 11. The van der Waals surface area contributed by atoms with E-state index in [9.17, 15) is 40.5 Å². The van der Waals surface area contributed by atoms with Crippen molar-refractivity contribution in [1.82, 2.24) is 0 Å². The lowest BCUT2D eigenvalue weighted by Crippen LogP contribution is -2.61. The maximum absolute atomic E-state index is 13.2. The van der Waals surface area contributed by atoms with Crippen LogP contribution < -0.4 is 0 Å². The summed E-state index contributed by atoms with van der Waals surface area (Å²) in [6, 6.07) is 0. The van der Waals surface area contributed by atoms with Crippen molar-refractivity contribution in [2.75, 3.05) is 13.2 Å². The van der Waals surface area contributed by atoms with Gasteiger partial charge in [-0.05, 0) is 90.8 Å². The SMILES string of the molecule is CC(C)[C@H](C)[C@@H](O[C@H]1O[C@H](CO)[C@@H](O)[C@H](O)[C@H]1O)[C@H](O)[C@@H](C)[C@H]1CC[C@H]2[C@@H]3COC(=O)[C@H]4C[C@H](O)[C@H](O)C[C@]4(C)[C@H]3CC[C@]12C. The molecule has 0 spiro atoms. The average Bonchev–Trinajstić information content (AvgIpc) is 3.31. The van der Waals surface area contributed by atoms with Gasteiger partial charge in [-0.3, -0.25) is 4.79 Å². The highest BCUT2D eigenvalue weighted by Gasteiger charge is 2.63. The summed E-state index contributed by atoms with van der Waals surface area (Å²) in [5.74, 6) is -0.248. The van der Waals surface area contributed by atoms with E-state index in [2.05, 4.69) is 20.8 Å². The van der Waals surface area contributed by atoms with Crippen LogP contribution in [0.3, 0.4) is 0 Å². The number of carbonyl (C=O) groups is 1. The molecule has 3 saturated carbocycles. The van der Waals surface area contributed by atoms with E-state index in [4.69, 9.17) is 14.2 Å². The summed E-state index contributed by atoms with van der Waals surface area (Å²) in [6.45, 7) is 12.3. The zero-order valence-electron chi connectivity index (χ0n) is 27.7. The van der Waals surface area contributed by atoms with E-state index in [1.165, 1.54) is 0 Å². The smallest absolute Gasteiger partial charge is 0.309 e. The lowest BCUT2D eigenvalue weighted by molar-refractivity contribution is -0.324. The second-order valence-corrected chi connectivity index (χ2v) is 16.1. The molecule has 0 aromatic heterocycles. The number of esters is 1. The van der Waals surface area contributed by atoms with Crippen LogP contribution in [0, 0.1) is 58.2 Å². The third kappa shape index (κ3) is 6.01. The van der Waals surface area contributed by atoms with Crippen LogP contribution in [0.5, 0.6) is 0 Å². The first-order valence-electron chi connectivity index (χ1n) is 17.2. The van der Waals surface area contributed by atoms with E-state index in [-0.39, 0.29) is 59.2 Å². The van der Waals surface area contributed by atoms with Crippen LogP contribution >= 0.6 is 0 Å². The molecule has 11 nitrogen and oxygen atoms in total. The largest absolute Gasteiger partial charge is 0.465 e. The quantitative estimate of drug-likeness (QED) is 0.189. The van der Waals surface area contributed by atoms with Gasteiger partial charge in [0.15, 0.2) is 6.29 Å². The van der Waals surface area contributed by atoms with Gasteiger partial charge in [0, 0.05) is 0 Å². The predicted octanol–water partition coefficient (Wildman–Crippen LogP) is 1.21. The number of aliphatic hydroxyl groups excluding tert-OH is 7. The van der Waals surface area contributed by atoms with Crippen molar-refractivity contribution in [3.05, 3.63) is 0 Å². The van der Waals surface area contributed by atoms with Gasteiger partial charge in [-0.1, -0.05) is 41.5 Å². The fraction of sp³-hybridized carbons (Fsp3) is 0.971. The average molecular weight is 643 g/mol. The maximum atomic E-state index is 13.2. The number of hydrogen-bond donors (Lipinski definition) is 7. The number of carbonyl (C=O) groups excluding carboxylic acids is 1. The van der Waals surface area contributed by atoms with Crippen molar-refractivity contribution < 1.29 is 54.8 Å². The molecule has 11 heteroatoms. The summed E-state index contributed by atoms with van der Waals surface area (Å²) in [5.41, 5.74) is -0.593. The highest BCUT2D eigenvalue weighted by molar-refractivity contribution is 5.74. The van der Waals surface area contributed by atoms with Gasteiger partial charge >= 0.3 is 5.97 Å². The molecule has 0 bridgehead atoms. The molecule has 260 valence electrons. The fourth-order valence-corrected chi connectivity index (χ4v) is 10.5. The van der Waals surface area contributed by atoms with E-state index in [0.717, 1.165) is 25.7 Å². The van der Waals surface area contributed by atoms with E-state index < -0.39 is 73.1 Å². The molecule has 3 aliphatic carbocycles. The molecular weight excluding hydrogens is 584 g/mol. The molecule has 0 radical (unpaired) electrons. The second-order valence-electron chi connectivity index (χ2n) is 16.1. The Morgan fingerprint density at radius 1 is 0.911 bits per heavy atom. The van der Waals surface area contributed by atoms with Crippen molar-refractivity contribution in [1.29, 1.82) is 0 Å². The Morgan fingerprint density at radius 3 is 2.22 bits per heavy atom. The normalized spacial score (nSPS) is 49.6. The van der Waals surface area contributed by atoms with E-state index >= 15 is 0 Å². The van der Waals surface area contributed by atoms with Gasteiger partial charge in [0.25, 0.3) is 0 Å². The third-order valence-corrected chi connectivity index (χ3v) is 13.6.